The maximum atomic E-state index is 11.4. The van der Waals surface area contributed by atoms with Crippen molar-refractivity contribution in [3.8, 4) is 0 Å². The Hall–Kier alpha value is -0.910. The molecule has 0 spiro atoms. The number of rotatable bonds is 3. The molecule has 0 fully saturated rings. The summed E-state index contributed by atoms with van der Waals surface area (Å²) < 4.78 is 0. The molecule has 1 aromatic heterocycles. The second-order valence-electron chi connectivity index (χ2n) is 3.06. The first-order valence-electron chi connectivity index (χ1n) is 4.22. The Bertz CT molecular complexity index is 349. The maximum absolute atomic E-state index is 11.4. The standard InChI is InChI=1S/C8H10Cl2N4O/c1-4(11)2-5(15)14-6-7(9)12-3-13-8(6)10/h3-4H,2,11H2,1H3,(H,14,15). The smallest absolute Gasteiger partial charge is 0.226 e. The van der Waals surface area contributed by atoms with Crippen molar-refractivity contribution >= 4 is 34.8 Å². The Balaban J connectivity index is 2.76. The van der Waals surface area contributed by atoms with Crippen molar-refractivity contribution < 1.29 is 4.79 Å². The fourth-order valence-electron chi connectivity index (χ4n) is 0.930. The van der Waals surface area contributed by atoms with Crippen LogP contribution in [0.2, 0.25) is 10.3 Å². The first-order chi connectivity index (χ1) is 7.00. The average molecular weight is 249 g/mol. The van der Waals surface area contributed by atoms with Gasteiger partial charge in [0.25, 0.3) is 0 Å². The number of carbonyl (C=O) groups is 1. The summed E-state index contributed by atoms with van der Waals surface area (Å²) >= 11 is 11.5. The molecule has 1 heterocycles. The number of nitrogens with zero attached hydrogens (tertiary/aromatic N) is 2. The molecule has 1 aromatic rings. The van der Waals surface area contributed by atoms with E-state index in [0.29, 0.717) is 0 Å². The Morgan fingerprint density at radius 2 is 2.07 bits per heavy atom. The molecule has 0 radical (unpaired) electrons. The van der Waals surface area contributed by atoms with E-state index >= 15 is 0 Å². The van der Waals surface area contributed by atoms with Crippen LogP contribution in [0.1, 0.15) is 13.3 Å². The molecule has 0 saturated heterocycles. The van der Waals surface area contributed by atoms with Gasteiger partial charge in [-0.2, -0.15) is 0 Å². The second kappa shape index (κ2) is 5.25. The third-order valence-electron chi connectivity index (χ3n) is 1.53. The van der Waals surface area contributed by atoms with Gasteiger partial charge in [-0.1, -0.05) is 23.2 Å². The van der Waals surface area contributed by atoms with Gasteiger partial charge in [0.05, 0.1) is 0 Å². The van der Waals surface area contributed by atoms with Gasteiger partial charge in [-0.3, -0.25) is 4.79 Å². The Morgan fingerprint density at radius 3 is 2.53 bits per heavy atom. The largest absolute Gasteiger partial charge is 0.327 e. The van der Waals surface area contributed by atoms with Gasteiger partial charge in [0.2, 0.25) is 5.91 Å². The SMILES string of the molecule is CC(N)CC(=O)Nc1c(Cl)ncnc1Cl. The molecule has 7 heteroatoms. The lowest BCUT2D eigenvalue weighted by Crippen LogP contribution is -2.24. The van der Waals surface area contributed by atoms with Crippen LogP contribution >= 0.6 is 23.2 Å². The molecule has 0 bridgehead atoms. The van der Waals surface area contributed by atoms with E-state index in [1.807, 2.05) is 0 Å². The van der Waals surface area contributed by atoms with E-state index < -0.39 is 0 Å². The van der Waals surface area contributed by atoms with E-state index in [2.05, 4.69) is 15.3 Å². The number of carbonyl (C=O) groups excluding carboxylic acids is 1. The monoisotopic (exact) mass is 248 g/mol. The first kappa shape index (κ1) is 12.2. The van der Waals surface area contributed by atoms with Crippen LogP contribution in [0.4, 0.5) is 5.69 Å². The highest BCUT2D eigenvalue weighted by Crippen LogP contribution is 2.25. The van der Waals surface area contributed by atoms with Crippen LogP contribution in [0.5, 0.6) is 0 Å². The van der Waals surface area contributed by atoms with E-state index in [1.54, 1.807) is 6.92 Å². The van der Waals surface area contributed by atoms with Crippen molar-refractivity contribution in [2.75, 3.05) is 5.32 Å². The lowest BCUT2D eigenvalue weighted by Gasteiger charge is -2.08. The van der Waals surface area contributed by atoms with Crippen molar-refractivity contribution in [2.45, 2.75) is 19.4 Å². The van der Waals surface area contributed by atoms with Crippen LogP contribution in [0.3, 0.4) is 0 Å². The van der Waals surface area contributed by atoms with Gasteiger partial charge >= 0.3 is 0 Å². The van der Waals surface area contributed by atoms with Crippen LogP contribution < -0.4 is 11.1 Å². The predicted molar refractivity (Wildman–Crippen MR) is 58.9 cm³/mol. The predicted octanol–water partition coefficient (Wildman–Crippen LogP) is 1.46. The molecule has 82 valence electrons. The number of hydrogen-bond donors (Lipinski definition) is 2. The number of nitrogens with two attached hydrogens (primary N) is 1. The normalized spacial score (nSPS) is 12.3. The summed E-state index contributed by atoms with van der Waals surface area (Å²) in [5.74, 6) is -0.274. The molecule has 1 atom stereocenters. The third kappa shape index (κ3) is 3.62. The van der Waals surface area contributed by atoms with Gasteiger partial charge in [-0.15, -0.1) is 0 Å². The van der Waals surface area contributed by atoms with Gasteiger partial charge < -0.3 is 11.1 Å². The summed E-state index contributed by atoms with van der Waals surface area (Å²) in [6.07, 6.45) is 1.40. The number of hydrogen-bond acceptors (Lipinski definition) is 4. The van der Waals surface area contributed by atoms with Gasteiger partial charge in [0.1, 0.15) is 12.0 Å². The molecule has 0 saturated carbocycles. The molecule has 0 aliphatic heterocycles. The maximum Gasteiger partial charge on any atom is 0.226 e. The summed E-state index contributed by atoms with van der Waals surface area (Å²) in [4.78, 5) is 18.8. The van der Waals surface area contributed by atoms with Crippen molar-refractivity contribution in [2.24, 2.45) is 5.73 Å². The summed E-state index contributed by atoms with van der Waals surface area (Å²) in [6, 6.07) is -0.229. The van der Waals surface area contributed by atoms with Crippen molar-refractivity contribution in [3.63, 3.8) is 0 Å². The minimum absolute atomic E-state index is 0.105. The molecule has 5 nitrogen and oxygen atoms in total. The molecule has 1 rings (SSSR count). The van der Waals surface area contributed by atoms with E-state index in [4.69, 9.17) is 28.9 Å². The Labute approximate surface area is 97.0 Å². The quantitative estimate of drug-likeness (QED) is 0.794. The molecule has 3 N–H and O–H groups in total. The minimum Gasteiger partial charge on any atom is -0.327 e. The molecule has 1 unspecified atom stereocenters. The number of amides is 1. The Kier molecular flexibility index (Phi) is 4.26. The average Bonchev–Trinajstić information content (AvgIpc) is 2.10. The molecular formula is C8H10Cl2N4O. The van der Waals surface area contributed by atoms with E-state index in [9.17, 15) is 4.79 Å². The summed E-state index contributed by atoms with van der Waals surface area (Å²) in [7, 11) is 0. The number of nitrogens with one attached hydrogen (secondary N) is 1. The van der Waals surface area contributed by atoms with Crippen LogP contribution in [0, 0.1) is 0 Å². The summed E-state index contributed by atoms with van der Waals surface area (Å²) in [5, 5.41) is 2.71. The summed E-state index contributed by atoms with van der Waals surface area (Å²) in [6.45, 7) is 1.73. The van der Waals surface area contributed by atoms with Gasteiger partial charge in [-0.05, 0) is 6.92 Å². The molecule has 0 aliphatic rings. The van der Waals surface area contributed by atoms with Gasteiger partial charge in [0, 0.05) is 12.5 Å². The van der Waals surface area contributed by atoms with Crippen LogP contribution in [0.25, 0.3) is 0 Å². The number of aromatic nitrogens is 2. The fourth-order valence-corrected chi connectivity index (χ4v) is 1.34. The molecule has 1 amide bonds. The zero-order chi connectivity index (χ0) is 11.4. The minimum atomic E-state index is -0.274. The van der Waals surface area contributed by atoms with Gasteiger partial charge in [0.15, 0.2) is 10.3 Å². The zero-order valence-corrected chi connectivity index (χ0v) is 9.51. The lowest BCUT2D eigenvalue weighted by molar-refractivity contribution is -0.116. The number of halogens is 2. The van der Waals surface area contributed by atoms with E-state index in [-0.39, 0.29) is 34.4 Å². The fraction of sp³-hybridized carbons (Fsp3) is 0.375. The van der Waals surface area contributed by atoms with Crippen LogP contribution in [-0.4, -0.2) is 21.9 Å². The molecule has 0 aliphatic carbocycles. The highest BCUT2D eigenvalue weighted by molar-refractivity contribution is 6.38. The molecular weight excluding hydrogens is 239 g/mol. The highest BCUT2D eigenvalue weighted by atomic mass is 35.5. The topological polar surface area (TPSA) is 80.9 Å². The van der Waals surface area contributed by atoms with Crippen molar-refractivity contribution in [1.29, 1.82) is 0 Å². The number of anilines is 1. The Morgan fingerprint density at radius 1 is 1.53 bits per heavy atom. The van der Waals surface area contributed by atoms with Crippen molar-refractivity contribution in [3.05, 3.63) is 16.6 Å². The van der Waals surface area contributed by atoms with Crippen LogP contribution in [-0.2, 0) is 4.79 Å². The van der Waals surface area contributed by atoms with Crippen molar-refractivity contribution in [1.82, 2.24) is 9.97 Å². The molecule has 15 heavy (non-hydrogen) atoms. The van der Waals surface area contributed by atoms with Gasteiger partial charge in [-0.25, -0.2) is 9.97 Å². The first-order valence-corrected chi connectivity index (χ1v) is 4.97. The third-order valence-corrected chi connectivity index (χ3v) is 2.10. The highest BCUT2D eigenvalue weighted by Gasteiger charge is 2.12. The van der Waals surface area contributed by atoms with E-state index in [0.717, 1.165) is 0 Å². The lowest BCUT2D eigenvalue weighted by atomic mass is 10.2. The van der Waals surface area contributed by atoms with E-state index in [1.165, 1.54) is 6.33 Å². The second-order valence-corrected chi connectivity index (χ2v) is 3.78. The zero-order valence-electron chi connectivity index (χ0n) is 8.00. The van der Waals surface area contributed by atoms with Crippen LogP contribution in [0.15, 0.2) is 6.33 Å². The summed E-state index contributed by atoms with van der Waals surface area (Å²) in [5.41, 5.74) is 5.68. The molecule has 0 aromatic carbocycles.